The molecule has 0 radical (unpaired) electrons. The Balaban J connectivity index is 2.14. The average molecular weight is 293 g/mol. The van der Waals surface area contributed by atoms with Gasteiger partial charge in [0.25, 0.3) is 5.69 Å². The molecule has 0 saturated carbocycles. The van der Waals surface area contributed by atoms with Crippen molar-refractivity contribution in [2.45, 2.75) is 12.5 Å². The van der Waals surface area contributed by atoms with E-state index in [1.165, 1.54) is 19.2 Å². The normalized spacial score (nSPS) is 17.4. The van der Waals surface area contributed by atoms with E-state index in [1.807, 2.05) is 4.90 Å². The van der Waals surface area contributed by atoms with Crippen molar-refractivity contribution < 1.29 is 19.2 Å². The molecule has 0 bridgehead atoms. The number of nitro benzene ring substituents is 1. The number of nitrogens with zero attached hydrogens (tertiary/aromatic N) is 2. The monoisotopic (exact) mass is 293 g/mol. The van der Waals surface area contributed by atoms with E-state index in [4.69, 9.17) is 0 Å². The van der Waals surface area contributed by atoms with Gasteiger partial charge in [-0.25, -0.2) is 4.79 Å². The van der Waals surface area contributed by atoms with Gasteiger partial charge in [0.2, 0.25) is 0 Å². The molecule has 1 amide bonds. The minimum atomic E-state index is -0.539. The van der Waals surface area contributed by atoms with Gasteiger partial charge in [0, 0.05) is 36.5 Å². The maximum atomic E-state index is 11.2. The number of hydrogen-bond donors (Lipinski definition) is 1. The van der Waals surface area contributed by atoms with Crippen LogP contribution >= 0.6 is 0 Å². The molecule has 1 aliphatic heterocycles. The third-order valence-corrected chi connectivity index (χ3v) is 3.39. The molecular formula is C13H15N3O5. The van der Waals surface area contributed by atoms with Crippen LogP contribution < -0.4 is 10.2 Å². The number of nitrogens with one attached hydrogen (secondary N) is 1. The summed E-state index contributed by atoms with van der Waals surface area (Å²) in [5.74, 6) is 0. The van der Waals surface area contributed by atoms with Gasteiger partial charge in [0.05, 0.1) is 18.1 Å². The highest BCUT2D eigenvalue weighted by molar-refractivity contribution is 5.86. The summed E-state index contributed by atoms with van der Waals surface area (Å²) in [6.07, 6.45) is 0.814. The molecule has 1 atom stereocenters. The van der Waals surface area contributed by atoms with E-state index >= 15 is 0 Å². The largest absolute Gasteiger partial charge is 0.453 e. The average Bonchev–Trinajstić information content (AvgIpc) is 2.94. The number of rotatable bonds is 4. The highest BCUT2D eigenvalue weighted by Crippen LogP contribution is 2.27. The highest BCUT2D eigenvalue weighted by atomic mass is 16.6. The third kappa shape index (κ3) is 3.28. The molecular weight excluding hydrogens is 278 g/mol. The second-order valence-electron chi connectivity index (χ2n) is 4.69. The molecule has 0 aromatic heterocycles. The summed E-state index contributed by atoms with van der Waals surface area (Å²) in [7, 11) is 1.29. The van der Waals surface area contributed by atoms with Crippen molar-refractivity contribution in [3.63, 3.8) is 0 Å². The number of carbonyl (C=O) groups excluding carboxylic acids is 2. The molecule has 0 aliphatic carbocycles. The minimum Gasteiger partial charge on any atom is -0.453 e. The van der Waals surface area contributed by atoms with Crippen LogP contribution in [0.4, 0.5) is 16.2 Å². The maximum Gasteiger partial charge on any atom is 0.407 e. The minimum absolute atomic E-state index is 0.0767. The number of benzene rings is 1. The van der Waals surface area contributed by atoms with Gasteiger partial charge in [-0.1, -0.05) is 0 Å². The number of carbonyl (C=O) groups is 2. The van der Waals surface area contributed by atoms with Crippen molar-refractivity contribution in [2.24, 2.45) is 0 Å². The van der Waals surface area contributed by atoms with Crippen molar-refractivity contribution >= 4 is 23.8 Å². The Kier molecular flexibility index (Phi) is 4.36. The van der Waals surface area contributed by atoms with E-state index in [2.05, 4.69) is 10.1 Å². The Labute approximate surface area is 120 Å². The fourth-order valence-corrected chi connectivity index (χ4v) is 2.36. The number of alkyl carbamates (subject to hydrolysis) is 1. The summed E-state index contributed by atoms with van der Waals surface area (Å²) >= 11 is 0. The molecule has 112 valence electrons. The van der Waals surface area contributed by atoms with Crippen LogP contribution in [0.25, 0.3) is 0 Å². The lowest BCUT2D eigenvalue weighted by Gasteiger charge is -2.20. The molecule has 2 rings (SSSR count). The standard InChI is InChI=1S/C13H15N3O5/c1-21-13(18)14-10-4-5-15(7-10)12-3-2-11(16(19)20)6-9(12)8-17/h2-3,6,8,10H,4-5,7H2,1H3,(H,14,18). The predicted molar refractivity (Wildman–Crippen MR) is 74.6 cm³/mol. The quantitative estimate of drug-likeness (QED) is 0.510. The number of anilines is 1. The van der Waals surface area contributed by atoms with E-state index < -0.39 is 11.0 Å². The van der Waals surface area contributed by atoms with Gasteiger partial charge in [-0.05, 0) is 12.5 Å². The molecule has 0 spiro atoms. The van der Waals surface area contributed by atoms with Gasteiger partial charge in [-0.3, -0.25) is 14.9 Å². The van der Waals surface area contributed by atoms with Crippen molar-refractivity contribution in [1.29, 1.82) is 0 Å². The Morgan fingerprint density at radius 1 is 1.57 bits per heavy atom. The molecule has 1 heterocycles. The molecule has 1 N–H and O–H groups in total. The van der Waals surface area contributed by atoms with Crippen LogP contribution in [0.5, 0.6) is 0 Å². The van der Waals surface area contributed by atoms with Gasteiger partial charge in [-0.15, -0.1) is 0 Å². The first-order chi connectivity index (χ1) is 10.0. The third-order valence-electron chi connectivity index (χ3n) is 3.39. The lowest BCUT2D eigenvalue weighted by Crippen LogP contribution is -2.37. The highest BCUT2D eigenvalue weighted by Gasteiger charge is 2.26. The Hall–Kier alpha value is -2.64. The summed E-state index contributed by atoms with van der Waals surface area (Å²) in [5.41, 5.74) is 0.775. The molecule has 1 aromatic carbocycles. The Morgan fingerprint density at radius 2 is 2.33 bits per heavy atom. The SMILES string of the molecule is COC(=O)NC1CCN(c2ccc([N+](=O)[O-])cc2C=O)C1. The molecule has 21 heavy (non-hydrogen) atoms. The number of nitro groups is 1. The zero-order chi connectivity index (χ0) is 15.4. The molecule has 8 heteroatoms. The smallest absolute Gasteiger partial charge is 0.407 e. The molecule has 1 fully saturated rings. The van der Waals surface area contributed by atoms with E-state index in [1.54, 1.807) is 6.07 Å². The van der Waals surface area contributed by atoms with Gasteiger partial charge in [-0.2, -0.15) is 0 Å². The van der Waals surface area contributed by atoms with Gasteiger partial charge >= 0.3 is 6.09 Å². The molecule has 1 saturated heterocycles. The van der Waals surface area contributed by atoms with Crippen molar-refractivity contribution in [3.8, 4) is 0 Å². The van der Waals surface area contributed by atoms with E-state index in [0.29, 0.717) is 31.5 Å². The first-order valence-electron chi connectivity index (χ1n) is 6.38. The summed E-state index contributed by atoms with van der Waals surface area (Å²) < 4.78 is 4.54. The number of hydrogen-bond acceptors (Lipinski definition) is 6. The van der Waals surface area contributed by atoms with Gasteiger partial charge in [0.15, 0.2) is 6.29 Å². The Morgan fingerprint density at radius 3 is 2.95 bits per heavy atom. The van der Waals surface area contributed by atoms with Crippen molar-refractivity contribution in [3.05, 3.63) is 33.9 Å². The zero-order valence-electron chi connectivity index (χ0n) is 11.4. The number of non-ortho nitro benzene ring substituents is 1. The van der Waals surface area contributed by atoms with Gasteiger partial charge in [0.1, 0.15) is 0 Å². The van der Waals surface area contributed by atoms with Crippen LogP contribution in [0, 0.1) is 10.1 Å². The number of amides is 1. The summed E-state index contributed by atoms with van der Waals surface area (Å²) in [4.78, 5) is 34.4. The topological polar surface area (TPSA) is 102 Å². The van der Waals surface area contributed by atoms with Crippen molar-refractivity contribution in [1.82, 2.24) is 5.32 Å². The number of methoxy groups -OCH3 is 1. The Bertz CT molecular complexity index is 575. The fourth-order valence-electron chi connectivity index (χ4n) is 2.36. The van der Waals surface area contributed by atoms with Crippen LogP contribution in [0.1, 0.15) is 16.8 Å². The second kappa shape index (κ2) is 6.21. The van der Waals surface area contributed by atoms with Crippen LogP contribution in [-0.4, -0.2) is 43.5 Å². The molecule has 1 aromatic rings. The first-order valence-corrected chi connectivity index (χ1v) is 6.38. The van der Waals surface area contributed by atoms with Crippen molar-refractivity contribution in [2.75, 3.05) is 25.1 Å². The maximum absolute atomic E-state index is 11.2. The van der Waals surface area contributed by atoms with Crippen LogP contribution in [0.3, 0.4) is 0 Å². The molecule has 8 nitrogen and oxygen atoms in total. The number of ether oxygens (including phenoxy) is 1. The van der Waals surface area contributed by atoms with E-state index in [-0.39, 0.29) is 17.3 Å². The van der Waals surface area contributed by atoms with Crippen LogP contribution in [-0.2, 0) is 4.74 Å². The predicted octanol–water partition coefficient (Wildman–Crippen LogP) is 1.34. The molecule has 1 aliphatic rings. The lowest BCUT2D eigenvalue weighted by atomic mass is 10.1. The fraction of sp³-hybridized carbons (Fsp3) is 0.385. The van der Waals surface area contributed by atoms with Crippen LogP contribution in [0.15, 0.2) is 18.2 Å². The first kappa shape index (κ1) is 14.8. The van der Waals surface area contributed by atoms with E-state index in [0.717, 1.165) is 0 Å². The van der Waals surface area contributed by atoms with Gasteiger partial charge < -0.3 is 15.0 Å². The zero-order valence-corrected chi connectivity index (χ0v) is 11.4. The lowest BCUT2D eigenvalue weighted by molar-refractivity contribution is -0.384. The summed E-state index contributed by atoms with van der Waals surface area (Å²) in [5, 5.41) is 13.4. The second-order valence-corrected chi connectivity index (χ2v) is 4.69. The van der Waals surface area contributed by atoms with E-state index in [9.17, 15) is 19.7 Å². The summed E-state index contributed by atoms with van der Waals surface area (Å²) in [6, 6.07) is 4.10. The van der Waals surface area contributed by atoms with Crippen LogP contribution in [0.2, 0.25) is 0 Å². The summed E-state index contributed by atoms with van der Waals surface area (Å²) in [6.45, 7) is 1.17. The number of aldehydes is 1. The molecule has 1 unspecified atom stereocenters.